The van der Waals surface area contributed by atoms with E-state index in [4.69, 9.17) is 16.6 Å². The van der Waals surface area contributed by atoms with Crippen molar-refractivity contribution in [2.45, 2.75) is 32.1 Å². The zero-order chi connectivity index (χ0) is 13.4. The Morgan fingerprint density at radius 1 is 1.37 bits per heavy atom. The van der Waals surface area contributed by atoms with Crippen LogP contribution in [-0.2, 0) is 6.42 Å². The number of aromatic nitrogens is 3. The van der Waals surface area contributed by atoms with Crippen LogP contribution in [0.2, 0.25) is 5.15 Å². The molecule has 1 aliphatic carbocycles. The second-order valence-corrected chi connectivity index (χ2v) is 5.85. The van der Waals surface area contributed by atoms with Gasteiger partial charge < -0.3 is 0 Å². The van der Waals surface area contributed by atoms with Gasteiger partial charge in [-0.1, -0.05) is 18.5 Å². The minimum absolute atomic E-state index is 0.491. The lowest BCUT2D eigenvalue weighted by Gasteiger charge is -2.10. The van der Waals surface area contributed by atoms with Crippen LogP contribution in [0.5, 0.6) is 0 Å². The Morgan fingerprint density at radius 3 is 2.84 bits per heavy atom. The monoisotopic (exact) mass is 337 g/mol. The maximum Gasteiger partial charge on any atom is 0.161 e. The van der Waals surface area contributed by atoms with Gasteiger partial charge in [-0.15, -0.1) is 0 Å². The van der Waals surface area contributed by atoms with Gasteiger partial charge in [-0.05, 0) is 46.8 Å². The Morgan fingerprint density at radius 2 is 2.16 bits per heavy atom. The van der Waals surface area contributed by atoms with Crippen molar-refractivity contribution in [2.75, 3.05) is 0 Å². The molecule has 98 valence electrons. The van der Waals surface area contributed by atoms with E-state index in [1.807, 2.05) is 12.3 Å². The third kappa shape index (κ3) is 2.51. The number of nitrogens with zero attached hydrogens (tertiary/aromatic N) is 3. The molecule has 0 spiro atoms. The average Bonchev–Trinajstić information content (AvgIpc) is 3.26. The van der Waals surface area contributed by atoms with Crippen LogP contribution in [0.15, 0.2) is 22.9 Å². The molecule has 0 radical (unpaired) electrons. The van der Waals surface area contributed by atoms with Gasteiger partial charge in [-0.2, -0.15) is 0 Å². The number of halogens is 2. The number of pyridine rings is 1. The Kier molecular flexibility index (Phi) is 3.54. The maximum absolute atomic E-state index is 6.22. The second-order valence-electron chi connectivity index (χ2n) is 4.70. The third-order valence-electron chi connectivity index (χ3n) is 3.33. The van der Waals surface area contributed by atoms with E-state index in [0.717, 1.165) is 27.7 Å². The lowest BCUT2D eigenvalue weighted by Crippen LogP contribution is -2.00. The molecule has 0 bridgehead atoms. The highest BCUT2D eigenvalue weighted by atomic mass is 79.9. The molecule has 2 heterocycles. The molecule has 0 N–H and O–H groups in total. The van der Waals surface area contributed by atoms with E-state index in [1.54, 1.807) is 6.20 Å². The fourth-order valence-corrected chi connectivity index (χ4v) is 2.79. The Labute approximate surface area is 125 Å². The first-order valence-corrected chi connectivity index (χ1v) is 7.54. The summed E-state index contributed by atoms with van der Waals surface area (Å²) in [6.07, 6.45) is 6.90. The molecule has 1 saturated carbocycles. The topological polar surface area (TPSA) is 38.7 Å². The van der Waals surface area contributed by atoms with Crippen molar-refractivity contribution in [3.8, 4) is 11.4 Å². The van der Waals surface area contributed by atoms with E-state index in [1.165, 1.54) is 12.8 Å². The summed E-state index contributed by atoms with van der Waals surface area (Å²) < 4.78 is 0.840. The molecule has 0 atom stereocenters. The first-order chi connectivity index (χ1) is 9.20. The van der Waals surface area contributed by atoms with Crippen molar-refractivity contribution in [3.05, 3.63) is 39.3 Å². The molecule has 1 aliphatic rings. The predicted molar refractivity (Wildman–Crippen MR) is 79.3 cm³/mol. The summed E-state index contributed by atoms with van der Waals surface area (Å²) in [6, 6.07) is 1.95. The summed E-state index contributed by atoms with van der Waals surface area (Å²) in [5, 5.41) is 0.491. The minimum Gasteiger partial charge on any atom is -0.264 e. The molecule has 3 nitrogen and oxygen atoms in total. The second kappa shape index (κ2) is 5.17. The maximum atomic E-state index is 6.22. The predicted octanol–water partition coefficient (Wildman–Crippen LogP) is 4.39. The molecule has 5 heteroatoms. The molecule has 0 aliphatic heterocycles. The van der Waals surface area contributed by atoms with Crippen LogP contribution in [0.25, 0.3) is 11.4 Å². The number of hydrogen-bond donors (Lipinski definition) is 0. The molecule has 2 aromatic rings. The fraction of sp³-hybridized carbons (Fsp3) is 0.357. The highest BCUT2D eigenvalue weighted by Gasteiger charge is 2.29. The van der Waals surface area contributed by atoms with Crippen LogP contribution in [0.1, 0.15) is 36.9 Å². The van der Waals surface area contributed by atoms with Gasteiger partial charge in [0.15, 0.2) is 5.82 Å². The zero-order valence-corrected chi connectivity index (χ0v) is 12.9. The zero-order valence-electron chi connectivity index (χ0n) is 10.5. The lowest BCUT2D eigenvalue weighted by atomic mass is 10.1. The molecular formula is C14H13BrClN3. The molecule has 19 heavy (non-hydrogen) atoms. The van der Waals surface area contributed by atoms with Gasteiger partial charge in [-0.3, -0.25) is 4.98 Å². The average molecular weight is 339 g/mol. The van der Waals surface area contributed by atoms with Crippen molar-refractivity contribution in [1.82, 2.24) is 15.0 Å². The number of aryl methyl sites for hydroxylation is 1. The SMILES string of the molecule is CCc1cnccc1-c1nc(Cl)c(Br)c(C2CC2)n1. The molecule has 0 amide bonds. The van der Waals surface area contributed by atoms with Gasteiger partial charge >= 0.3 is 0 Å². The third-order valence-corrected chi connectivity index (χ3v) is 4.61. The fourth-order valence-electron chi connectivity index (χ4n) is 2.11. The van der Waals surface area contributed by atoms with E-state index < -0.39 is 0 Å². The highest BCUT2D eigenvalue weighted by molar-refractivity contribution is 9.10. The highest BCUT2D eigenvalue weighted by Crippen LogP contribution is 2.44. The molecule has 3 rings (SSSR count). The number of rotatable bonds is 3. The van der Waals surface area contributed by atoms with Crippen molar-refractivity contribution in [1.29, 1.82) is 0 Å². The van der Waals surface area contributed by atoms with Gasteiger partial charge in [0.2, 0.25) is 0 Å². The largest absolute Gasteiger partial charge is 0.264 e. The van der Waals surface area contributed by atoms with Crippen LogP contribution in [0.4, 0.5) is 0 Å². The van der Waals surface area contributed by atoms with E-state index in [-0.39, 0.29) is 0 Å². The quantitative estimate of drug-likeness (QED) is 0.779. The molecule has 2 aromatic heterocycles. The molecule has 0 aromatic carbocycles. The van der Waals surface area contributed by atoms with Crippen molar-refractivity contribution >= 4 is 27.5 Å². The van der Waals surface area contributed by atoms with Gasteiger partial charge in [0, 0.05) is 23.9 Å². The van der Waals surface area contributed by atoms with E-state index in [2.05, 4.69) is 32.8 Å². The van der Waals surface area contributed by atoms with E-state index >= 15 is 0 Å². The van der Waals surface area contributed by atoms with E-state index in [9.17, 15) is 0 Å². The number of hydrogen-bond acceptors (Lipinski definition) is 3. The smallest absolute Gasteiger partial charge is 0.161 e. The summed E-state index contributed by atoms with van der Waals surface area (Å²) in [5.41, 5.74) is 3.20. The standard InChI is InChI=1S/C14H13BrClN3/c1-2-8-7-17-6-5-10(8)14-18-12(9-3-4-9)11(15)13(16)19-14/h5-7,9H,2-4H2,1H3. The molecular weight excluding hydrogens is 326 g/mol. The minimum atomic E-state index is 0.491. The molecule has 1 fully saturated rings. The van der Waals surface area contributed by atoms with Crippen LogP contribution in [0.3, 0.4) is 0 Å². The normalized spacial score (nSPS) is 14.7. The van der Waals surface area contributed by atoms with Crippen LogP contribution >= 0.6 is 27.5 Å². The first-order valence-electron chi connectivity index (χ1n) is 6.37. The van der Waals surface area contributed by atoms with Crippen molar-refractivity contribution < 1.29 is 0 Å². The van der Waals surface area contributed by atoms with Gasteiger partial charge in [0.25, 0.3) is 0 Å². The van der Waals surface area contributed by atoms with Gasteiger partial charge in [0.05, 0.1) is 10.2 Å². The summed E-state index contributed by atoms with van der Waals surface area (Å²) in [6.45, 7) is 2.10. The van der Waals surface area contributed by atoms with Gasteiger partial charge in [-0.25, -0.2) is 9.97 Å². The van der Waals surface area contributed by atoms with Crippen LogP contribution < -0.4 is 0 Å². The molecule has 0 unspecified atom stereocenters. The summed E-state index contributed by atoms with van der Waals surface area (Å²) in [4.78, 5) is 13.3. The van der Waals surface area contributed by atoms with Crippen LogP contribution in [-0.4, -0.2) is 15.0 Å². The van der Waals surface area contributed by atoms with Crippen molar-refractivity contribution in [3.63, 3.8) is 0 Å². The van der Waals surface area contributed by atoms with Gasteiger partial charge in [0.1, 0.15) is 5.15 Å². The lowest BCUT2D eigenvalue weighted by molar-refractivity contribution is 0.973. The Bertz CT molecular complexity index is 626. The van der Waals surface area contributed by atoms with E-state index in [0.29, 0.717) is 16.9 Å². The Balaban J connectivity index is 2.14. The first kappa shape index (κ1) is 13.0. The van der Waals surface area contributed by atoms with Crippen LogP contribution in [0, 0.1) is 0 Å². The summed E-state index contributed by atoms with van der Waals surface area (Å²) in [7, 11) is 0. The Hall–Kier alpha value is -1.00. The summed E-state index contributed by atoms with van der Waals surface area (Å²) in [5.74, 6) is 1.23. The molecule has 0 saturated heterocycles. The van der Waals surface area contributed by atoms with Crippen molar-refractivity contribution in [2.24, 2.45) is 0 Å². The summed E-state index contributed by atoms with van der Waals surface area (Å²) >= 11 is 9.72.